The standard InChI is InChI=1S/C29H20N2O/c32-29(30-27-19-15-25(16-20-27)13-11-23-7-3-1-4-8-23)31-28-21-17-26(18-22-28)14-12-24-9-5-2-6-10-24/h1-10,15-22H,(H2,30,31,32). The Morgan fingerprint density at radius 3 is 1.09 bits per heavy atom. The molecule has 2 amide bonds. The van der Waals surface area contributed by atoms with Crippen molar-refractivity contribution in [3.63, 3.8) is 0 Å². The monoisotopic (exact) mass is 412 g/mol. The van der Waals surface area contributed by atoms with Gasteiger partial charge in [-0.25, -0.2) is 4.79 Å². The average Bonchev–Trinajstić information content (AvgIpc) is 2.84. The van der Waals surface area contributed by atoms with Gasteiger partial charge in [0.15, 0.2) is 0 Å². The predicted molar refractivity (Wildman–Crippen MR) is 130 cm³/mol. The molecular weight excluding hydrogens is 392 g/mol. The first-order valence-electron chi connectivity index (χ1n) is 10.2. The van der Waals surface area contributed by atoms with E-state index in [0.717, 1.165) is 22.3 Å². The summed E-state index contributed by atoms with van der Waals surface area (Å²) in [6, 6.07) is 34.2. The number of amides is 2. The molecule has 0 radical (unpaired) electrons. The highest BCUT2D eigenvalue weighted by atomic mass is 16.2. The fraction of sp³-hybridized carbons (Fsp3) is 0. The average molecular weight is 412 g/mol. The van der Waals surface area contributed by atoms with E-state index in [9.17, 15) is 4.79 Å². The van der Waals surface area contributed by atoms with Gasteiger partial charge in [0.2, 0.25) is 0 Å². The Morgan fingerprint density at radius 2 is 0.750 bits per heavy atom. The van der Waals surface area contributed by atoms with Gasteiger partial charge in [-0.15, -0.1) is 0 Å². The number of anilines is 2. The van der Waals surface area contributed by atoms with Gasteiger partial charge in [-0.05, 0) is 72.8 Å². The highest BCUT2D eigenvalue weighted by Gasteiger charge is 2.02. The van der Waals surface area contributed by atoms with Crippen molar-refractivity contribution in [3.05, 3.63) is 131 Å². The van der Waals surface area contributed by atoms with Crippen molar-refractivity contribution in [3.8, 4) is 23.7 Å². The van der Waals surface area contributed by atoms with Crippen LogP contribution in [0.25, 0.3) is 0 Å². The number of hydrogen-bond donors (Lipinski definition) is 2. The van der Waals surface area contributed by atoms with Gasteiger partial charge in [0.25, 0.3) is 0 Å². The lowest BCUT2D eigenvalue weighted by molar-refractivity contribution is 0.262. The van der Waals surface area contributed by atoms with Crippen molar-refractivity contribution in [2.75, 3.05) is 10.6 Å². The number of carbonyl (C=O) groups is 1. The summed E-state index contributed by atoms with van der Waals surface area (Å²) in [7, 11) is 0. The van der Waals surface area contributed by atoms with Crippen molar-refractivity contribution in [2.45, 2.75) is 0 Å². The van der Waals surface area contributed by atoms with Gasteiger partial charge in [-0.3, -0.25) is 0 Å². The van der Waals surface area contributed by atoms with Crippen LogP contribution in [-0.2, 0) is 0 Å². The van der Waals surface area contributed by atoms with E-state index in [1.807, 2.05) is 109 Å². The van der Waals surface area contributed by atoms with E-state index in [1.165, 1.54) is 0 Å². The van der Waals surface area contributed by atoms with Gasteiger partial charge in [-0.2, -0.15) is 0 Å². The third-order valence-electron chi connectivity index (χ3n) is 4.54. The molecule has 0 unspecified atom stereocenters. The molecule has 3 nitrogen and oxygen atoms in total. The van der Waals surface area contributed by atoms with Crippen molar-refractivity contribution >= 4 is 17.4 Å². The lowest BCUT2D eigenvalue weighted by atomic mass is 10.1. The second kappa shape index (κ2) is 10.3. The van der Waals surface area contributed by atoms with Crippen LogP contribution in [0.1, 0.15) is 22.3 Å². The molecule has 0 spiro atoms. The molecule has 4 aromatic rings. The van der Waals surface area contributed by atoms with Gasteiger partial charge in [0, 0.05) is 33.6 Å². The summed E-state index contributed by atoms with van der Waals surface area (Å²) in [5.74, 6) is 12.5. The molecule has 0 atom stereocenters. The number of urea groups is 1. The Hall–Kier alpha value is -4.73. The zero-order chi connectivity index (χ0) is 22.0. The Kier molecular flexibility index (Phi) is 6.64. The van der Waals surface area contributed by atoms with Crippen LogP contribution in [0.2, 0.25) is 0 Å². The van der Waals surface area contributed by atoms with E-state index < -0.39 is 0 Å². The summed E-state index contributed by atoms with van der Waals surface area (Å²) in [5.41, 5.74) is 5.08. The van der Waals surface area contributed by atoms with E-state index in [2.05, 4.69) is 34.3 Å². The van der Waals surface area contributed by atoms with Crippen LogP contribution in [0.5, 0.6) is 0 Å². The van der Waals surface area contributed by atoms with Crippen molar-refractivity contribution in [1.82, 2.24) is 0 Å². The Labute approximate surface area is 188 Å². The third-order valence-corrected chi connectivity index (χ3v) is 4.54. The molecule has 0 aliphatic carbocycles. The van der Waals surface area contributed by atoms with Crippen LogP contribution in [0.15, 0.2) is 109 Å². The van der Waals surface area contributed by atoms with Crippen LogP contribution < -0.4 is 10.6 Å². The Balaban J connectivity index is 1.32. The number of carbonyl (C=O) groups excluding carboxylic acids is 1. The van der Waals surface area contributed by atoms with Crippen molar-refractivity contribution < 1.29 is 4.79 Å². The first-order valence-corrected chi connectivity index (χ1v) is 10.2. The Morgan fingerprint density at radius 1 is 0.438 bits per heavy atom. The van der Waals surface area contributed by atoms with Gasteiger partial charge >= 0.3 is 6.03 Å². The zero-order valence-corrected chi connectivity index (χ0v) is 17.3. The van der Waals surface area contributed by atoms with Crippen molar-refractivity contribution in [2.24, 2.45) is 0 Å². The summed E-state index contributed by atoms with van der Waals surface area (Å²) in [6.45, 7) is 0. The molecule has 0 fully saturated rings. The molecule has 3 heteroatoms. The van der Waals surface area contributed by atoms with Crippen LogP contribution in [0.4, 0.5) is 16.2 Å². The smallest absolute Gasteiger partial charge is 0.308 e. The summed E-state index contributed by atoms with van der Waals surface area (Å²) in [6.07, 6.45) is 0. The molecule has 4 aromatic carbocycles. The number of nitrogens with one attached hydrogen (secondary N) is 2. The fourth-order valence-corrected chi connectivity index (χ4v) is 2.90. The number of benzene rings is 4. The lowest BCUT2D eigenvalue weighted by Crippen LogP contribution is -2.19. The minimum absolute atomic E-state index is 0.309. The first kappa shape index (κ1) is 20.5. The lowest BCUT2D eigenvalue weighted by Gasteiger charge is -2.08. The normalized spacial score (nSPS) is 9.50. The summed E-state index contributed by atoms with van der Waals surface area (Å²) < 4.78 is 0. The van der Waals surface area contributed by atoms with Crippen LogP contribution >= 0.6 is 0 Å². The molecule has 0 aliphatic heterocycles. The van der Waals surface area contributed by atoms with E-state index >= 15 is 0 Å². The van der Waals surface area contributed by atoms with Gasteiger partial charge in [0.1, 0.15) is 0 Å². The molecule has 0 saturated carbocycles. The summed E-state index contributed by atoms with van der Waals surface area (Å²) >= 11 is 0. The van der Waals surface area contributed by atoms with E-state index in [4.69, 9.17) is 0 Å². The minimum Gasteiger partial charge on any atom is -0.308 e. The third kappa shape index (κ3) is 6.13. The van der Waals surface area contributed by atoms with E-state index in [1.54, 1.807) is 0 Å². The van der Waals surface area contributed by atoms with Gasteiger partial charge in [0.05, 0.1) is 0 Å². The predicted octanol–water partition coefficient (Wildman–Crippen LogP) is 6.13. The van der Waals surface area contributed by atoms with Gasteiger partial charge < -0.3 is 10.6 Å². The molecule has 152 valence electrons. The topological polar surface area (TPSA) is 41.1 Å². The fourth-order valence-electron chi connectivity index (χ4n) is 2.90. The molecular formula is C29H20N2O. The molecule has 0 bridgehead atoms. The molecule has 0 heterocycles. The minimum atomic E-state index is -0.309. The zero-order valence-electron chi connectivity index (χ0n) is 17.3. The molecule has 0 aliphatic rings. The quantitative estimate of drug-likeness (QED) is 0.382. The maximum Gasteiger partial charge on any atom is 0.323 e. The molecule has 32 heavy (non-hydrogen) atoms. The molecule has 2 N–H and O–H groups in total. The van der Waals surface area contributed by atoms with Crippen LogP contribution in [0, 0.1) is 23.7 Å². The maximum absolute atomic E-state index is 12.3. The summed E-state index contributed by atoms with van der Waals surface area (Å²) in [5, 5.41) is 5.65. The molecule has 0 aromatic heterocycles. The second-order valence-electron chi connectivity index (χ2n) is 6.97. The highest BCUT2D eigenvalue weighted by Crippen LogP contribution is 2.12. The molecule has 0 saturated heterocycles. The highest BCUT2D eigenvalue weighted by molar-refractivity contribution is 5.99. The van der Waals surface area contributed by atoms with E-state index in [-0.39, 0.29) is 6.03 Å². The van der Waals surface area contributed by atoms with Gasteiger partial charge in [-0.1, -0.05) is 60.1 Å². The second-order valence-corrected chi connectivity index (χ2v) is 6.97. The number of hydrogen-bond acceptors (Lipinski definition) is 1. The molecule has 4 rings (SSSR count). The number of rotatable bonds is 2. The Bertz CT molecular complexity index is 1200. The van der Waals surface area contributed by atoms with Crippen LogP contribution in [0.3, 0.4) is 0 Å². The van der Waals surface area contributed by atoms with Crippen LogP contribution in [-0.4, -0.2) is 6.03 Å². The first-order chi connectivity index (χ1) is 15.7. The largest absolute Gasteiger partial charge is 0.323 e. The van der Waals surface area contributed by atoms with E-state index in [0.29, 0.717) is 11.4 Å². The summed E-state index contributed by atoms with van der Waals surface area (Å²) in [4.78, 5) is 12.3. The van der Waals surface area contributed by atoms with Crippen molar-refractivity contribution in [1.29, 1.82) is 0 Å². The maximum atomic E-state index is 12.3. The SMILES string of the molecule is O=C(Nc1ccc(C#Cc2ccccc2)cc1)Nc1ccc(C#Cc2ccccc2)cc1.